The Morgan fingerprint density at radius 2 is 2.04 bits per heavy atom. The van der Waals surface area contributed by atoms with E-state index in [-0.39, 0.29) is 11.7 Å². The lowest BCUT2D eigenvalue weighted by molar-refractivity contribution is -0.113. The zero-order valence-electron chi connectivity index (χ0n) is 14.7. The Bertz CT molecular complexity index is 948. The quantitative estimate of drug-likeness (QED) is 0.581. The number of carbonyl (C=O) groups is 1. The second-order valence-electron chi connectivity index (χ2n) is 5.35. The van der Waals surface area contributed by atoms with Crippen LogP contribution in [0.2, 0.25) is 5.02 Å². The molecule has 0 unspecified atom stereocenters. The van der Waals surface area contributed by atoms with Crippen molar-refractivity contribution in [3.8, 4) is 22.9 Å². The number of H-pyrrole nitrogens is 1. The Balaban J connectivity index is 1.63. The van der Waals surface area contributed by atoms with E-state index in [0.29, 0.717) is 33.2 Å². The first-order valence-corrected chi connectivity index (χ1v) is 9.29. The van der Waals surface area contributed by atoms with Gasteiger partial charge in [0.15, 0.2) is 5.82 Å². The molecule has 0 aliphatic carbocycles. The van der Waals surface area contributed by atoms with E-state index < -0.39 is 0 Å². The van der Waals surface area contributed by atoms with Gasteiger partial charge in [0.25, 0.3) is 0 Å². The second kappa shape index (κ2) is 8.79. The number of aromatic nitrogens is 3. The first-order chi connectivity index (χ1) is 13.1. The number of hydrogen-bond acceptors (Lipinski definition) is 6. The Morgan fingerprint density at radius 1 is 1.22 bits per heavy atom. The summed E-state index contributed by atoms with van der Waals surface area (Å²) in [7, 11) is 3.10. The number of amides is 1. The first kappa shape index (κ1) is 19.1. The van der Waals surface area contributed by atoms with Gasteiger partial charge in [0, 0.05) is 11.6 Å². The third-order valence-electron chi connectivity index (χ3n) is 3.61. The highest BCUT2D eigenvalue weighted by Crippen LogP contribution is 2.29. The summed E-state index contributed by atoms with van der Waals surface area (Å²) in [6, 6.07) is 12.5. The maximum absolute atomic E-state index is 12.3. The molecule has 3 aromatic rings. The van der Waals surface area contributed by atoms with Crippen LogP contribution < -0.4 is 14.8 Å². The van der Waals surface area contributed by atoms with Gasteiger partial charge in [-0.25, -0.2) is 4.98 Å². The summed E-state index contributed by atoms with van der Waals surface area (Å²) in [6.45, 7) is 0. The lowest BCUT2D eigenvalue weighted by Crippen LogP contribution is -2.15. The van der Waals surface area contributed by atoms with Gasteiger partial charge in [-0.2, -0.15) is 0 Å². The van der Waals surface area contributed by atoms with E-state index in [2.05, 4.69) is 20.5 Å². The van der Waals surface area contributed by atoms with Crippen molar-refractivity contribution in [3.63, 3.8) is 0 Å². The number of ether oxygens (including phenoxy) is 2. The van der Waals surface area contributed by atoms with Crippen LogP contribution in [0.25, 0.3) is 11.4 Å². The van der Waals surface area contributed by atoms with Crippen LogP contribution >= 0.6 is 23.4 Å². The molecule has 0 saturated heterocycles. The number of aromatic amines is 1. The van der Waals surface area contributed by atoms with Gasteiger partial charge in [-0.05, 0) is 24.3 Å². The molecule has 0 aliphatic heterocycles. The van der Waals surface area contributed by atoms with Crippen LogP contribution in [0.1, 0.15) is 0 Å². The molecule has 0 radical (unpaired) electrons. The van der Waals surface area contributed by atoms with Gasteiger partial charge in [-0.1, -0.05) is 35.5 Å². The Kier molecular flexibility index (Phi) is 6.20. The van der Waals surface area contributed by atoms with Crippen molar-refractivity contribution in [3.05, 3.63) is 47.5 Å². The van der Waals surface area contributed by atoms with Gasteiger partial charge in [0.05, 0.1) is 30.7 Å². The SMILES string of the molecule is COc1ccc(OC)c(NC(=O)CSc2n[nH]c(-c3ccccc3Cl)n2)c1. The summed E-state index contributed by atoms with van der Waals surface area (Å²) in [4.78, 5) is 16.6. The molecule has 7 nitrogen and oxygen atoms in total. The van der Waals surface area contributed by atoms with Crippen molar-refractivity contribution < 1.29 is 14.3 Å². The topological polar surface area (TPSA) is 89.1 Å². The summed E-state index contributed by atoms with van der Waals surface area (Å²) < 4.78 is 10.4. The molecule has 0 bridgehead atoms. The van der Waals surface area contributed by atoms with Crippen molar-refractivity contribution in [1.82, 2.24) is 15.2 Å². The van der Waals surface area contributed by atoms with Crippen molar-refractivity contribution in [2.45, 2.75) is 5.16 Å². The van der Waals surface area contributed by atoms with E-state index in [0.717, 1.165) is 5.56 Å². The maximum atomic E-state index is 12.3. The molecule has 140 valence electrons. The van der Waals surface area contributed by atoms with Crippen molar-refractivity contribution in [2.24, 2.45) is 0 Å². The minimum atomic E-state index is -0.212. The molecule has 0 spiro atoms. The van der Waals surface area contributed by atoms with Crippen LogP contribution in [0.3, 0.4) is 0 Å². The summed E-state index contributed by atoms with van der Waals surface area (Å²) in [5, 5.41) is 10.8. The zero-order chi connectivity index (χ0) is 19.2. The Morgan fingerprint density at radius 3 is 2.78 bits per heavy atom. The highest BCUT2D eigenvalue weighted by Gasteiger charge is 2.13. The fourth-order valence-corrected chi connectivity index (χ4v) is 3.14. The van der Waals surface area contributed by atoms with Crippen LogP contribution in [0.4, 0.5) is 5.69 Å². The lowest BCUT2D eigenvalue weighted by Gasteiger charge is -2.11. The van der Waals surface area contributed by atoms with E-state index >= 15 is 0 Å². The van der Waals surface area contributed by atoms with Gasteiger partial charge in [-0.15, -0.1) is 5.10 Å². The van der Waals surface area contributed by atoms with Gasteiger partial charge < -0.3 is 14.8 Å². The predicted octanol–water partition coefficient (Wildman–Crippen LogP) is 3.87. The Hall–Kier alpha value is -2.71. The van der Waals surface area contributed by atoms with Gasteiger partial charge in [0.1, 0.15) is 11.5 Å². The molecule has 27 heavy (non-hydrogen) atoms. The highest BCUT2D eigenvalue weighted by molar-refractivity contribution is 7.99. The van der Waals surface area contributed by atoms with Crippen LogP contribution in [-0.4, -0.2) is 41.1 Å². The first-order valence-electron chi connectivity index (χ1n) is 7.92. The summed E-state index contributed by atoms with van der Waals surface area (Å²) in [5.41, 5.74) is 1.29. The third-order valence-corrected chi connectivity index (χ3v) is 4.78. The molecular weight excluding hydrogens is 388 g/mol. The monoisotopic (exact) mass is 404 g/mol. The lowest BCUT2D eigenvalue weighted by atomic mass is 10.2. The standard InChI is InChI=1S/C18H17ClN4O3S/c1-25-11-7-8-15(26-2)14(9-11)20-16(24)10-27-18-21-17(22-23-18)12-5-3-4-6-13(12)19/h3-9H,10H2,1-2H3,(H,20,24)(H,21,22,23). The number of halogens is 1. The number of carbonyl (C=O) groups excluding carboxylic acids is 1. The molecular formula is C18H17ClN4O3S. The molecule has 0 aliphatic rings. The molecule has 0 atom stereocenters. The minimum absolute atomic E-state index is 0.139. The number of benzene rings is 2. The minimum Gasteiger partial charge on any atom is -0.497 e. The molecule has 1 heterocycles. The largest absolute Gasteiger partial charge is 0.497 e. The van der Waals surface area contributed by atoms with E-state index in [1.165, 1.54) is 18.9 Å². The average molecular weight is 405 g/mol. The fraction of sp³-hybridized carbons (Fsp3) is 0.167. The molecule has 0 saturated carbocycles. The van der Waals surface area contributed by atoms with Crippen LogP contribution in [-0.2, 0) is 4.79 Å². The summed E-state index contributed by atoms with van der Waals surface area (Å²) >= 11 is 7.37. The van der Waals surface area contributed by atoms with E-state index in [4.69, 9.17) is 21.1 Å². The van der Waals surface area contributed by atoms with Crippen molar-refractivity contribution >= 4 is 35.0 Å². The number of nitrogens with one attached hydrogen (secondary N) is 2. The number of hydrogen-bond donors (Lipinski definition) is 2. The summed E-state index contributed by atoms with van der Waals surface area (Å²) in [5.74, 6) is 1.65. The second-order valence-corrected chi connectivity index (χ2v) is 6.70. The number of thioether (sulfide) groups is 1. The fourth-order valence-electron chi connectivity index (χ4n) is 2.31. The number of nitrogens with zero attached hydrogens (tertiary/aromatic N) is 2. The van der Waals surface area contributed by atoms with Gasteiger partial charge in [-0.3, -0.25) is 9.89 Å². The maximum Gasteiger partial charge on any atom is 0.234 e. The van der Waals surface area contributed by atoms with E-state index in [1.807, 2.05) is 18.2 Å². The molecule has 2 N–H and O–H groups in total. The Labute approximate surface area is 165 Å². The zero-order valence-corrected chi connectivity index (χ0v) is 16.2. The normalized spacial score (nSPS) is 10.5. The number of anilines is 1. The molecule has 9 heteroatoms. The molecule has 2 aromatic carbocycles. The van der Waals surface area contributed by atoms with Crippen LogP contribution in [0, 0.1) is 0 Å². The van der Waals surface area contributed by atoms with Gasteiger partial charge in [0.2, 0.25) is 11.1 Å². The number of rotatable bonds is 7. The van der Waals surface area contributed by atoms with Crippen LogP contribution in [0.5, 0.6) is 11.5 Å². The molecule has 1 amide bonds. The average Bonchev–Trinajstić information content (AvgIpc) is 3.15. The molecule has 0 fully saturated rings. The molecule has 1 aromatic heterocycles. The van der Waals surface area contributed by atoms with Crippen LogP contribution in [0.15, 0.2) is 47.6 Å². The summed E-state index contributed by atoms with van der Waals surface area (Å²) in [6.07, 6.45) is 0. The molecule has 3 rings (SSSR count). The van der Waals surface area contributed by atoms with Crippen molar-refractivity contribution in [1.29, 1.82) is 0 Å². The smallest absolute Gasteiger partial charge is 0.234 e. The van der Waals surface area contributed by atoms with E-state index in [9.17, 15) is 4.79 Å². The predicted molar refractivity (Wildman–Crippen MR) is 106 cm³/mol. The highest BCUT2D eigenvalue weighted by atomic mass is 35.5. The third kappa shape index (κ3) is 4.72. The number of methoxy groups -OCH3 is 2. The van der Waals surface area contributed by atoms with E-state index in [1.54, 1.807) is 31.4 Å². The van der Waals surface area contributed by atoms with Gasteiger partial charge >= 0.3 is 0 Å². The van der Waals surface area contributed by atoms with Crippen molar-refractivity contribution in [2.75, 3.05) is 25.3 Å².